The van der Waals surface area contributed by atoms with Crippen LogP contribution in [0.3, 0.4) is 0 Å². The Morgan fingerprint density at radius 1 is 1.23 bits per heavy atom. The molecule has 0 amide bonds. The van der Waals surface area contributed by atoms with Crippen molar-refractivity contribution in [1.29, 1.82) is 0 Å². The predicted octanol–water partition coefficient (Wildman–Crippen LogP) is 0.291. The minimum Gasteiger partial charge on any atom is -0.387 e. The SMILES string of the molecule is Cn1c(=O)[nH]c(=O)c2c1nc(NCCCN1CCOCC1)n2CC(O)c1ccccc1. The fourth-order valence-electron chi connectivity index (χ4n) is 3.83. The Hall–Kier alpha value is -2.95. The molecule has 10 heteroatoms. The topological polar surface area (TPSA) is 117 Å². The average Bonchev–Trinajstić information content (AvgIpc) is 3.15. The highest BCUT2D eigenvalue weighted by atomic mass is 16.5. The summed E-state index contributed by atoms with van der Waals surface area (Å²) in [5, 5.41) is 14.0. The molecular weight excluding hydrogens is 400 g/mol. The molecule has 1 atom stereocenters. The van der Waals surface area contributed by atoms with Crippen molar-refractivity contribution in [2.24, 2.45) is 7.05 Å². The number of benzene rings is 1. The number of morpholine rings is 1. The number of aliphatic hydroxyl groups excluding tert-OH is 1. The summed E-state index contributed by atoms with van der Waals surface area (Å²) in [7, 11) is 1.56. The summed E-state index contributed by atoms with van der Waals surface area (Å²) in [5.74, 6) is 0.457. The number of fused-ring (bicyclic) bond motifs is 1. The second kappa shape index (κ2) is 9.46. The zero-order valence-corrected chi connectivity index (χ0v) is 17.6. The van der Waals surface area contributed by atoms with E-state index in [1.54, 1.807) is 11.6 Å². The van der Waals surface area contributed by atoms with Gasteiger partial charge in [-0.25, -0.2) is 4.79 Å². The molecule has 0 bridgehead atoms. The van der Waals surface area contributed by atoms with E-state index in [-0.39, 0.29) is 17.7 Å². The van der Waals surface area contributed by atoms with E-state index >= 15 is 0 Å². The molecule has 1 aliphatic rings. The molecule has 0 aliphatic carbocycles. The molecule has 1 fully saturated rings. The number of ether oxygens (including phenoxy) is 1. The highest BCUT2D eigenvalue weighted by molar-refractivity contribution is 5.74. The lowest BCUT2D eigenvalue weighted by Gasteiger charge is -2.26. The summed E-state index contributed by atoms with van der Waals surface area (Å²) >= 11 is 0. The molecule has 166 valence electrons. The van der Waals surface area contributed by atoms with Crippen LogP contribution in [0.5, 0.6) is 0 Å². The molecule has 4 rings (SSSR count). The van der Waals surface area contributed by atoms with Crippen LogP contribution in [0.15, 0.2) is 39.9 Å². The molecule has 1 unspecified atom stereocenters. The van der Waals surface area contributed by atoms with Gasteiger partial charge in [-0.1, -0.05) is 30.3 Å². The van der Waals surface area contributed by atoms with Gasteiger partial charge in [0, 0.05) is 26.7 Å². The van der Waals surface area contributed by atoms with E-state index in [0.717, 1.165) is 44.8 Å². The lowest BCUT2D eigenvalue weighted by atomic mass is 10.1. The molecule has 3 N–H and O–H groups in total. The molecule has 3 heterocycles. The Morgan fingerprint density at radius 3 is 2.71 bits per heavy atom. The van der Waals surface area contributed by atoms with Crippen LogP contribution in [-0.2, 0) is 18.3 Å². The van der Waals surface area contributed by atoms with Crippen LogP contribution in [0.1, 0.15) is 18.1 Å². The molecule has 3 aromatic rings. The van der Waals surface area contributed by atoms with Gasteiger partial charge in [-0.2, -0.15) is 4.98 Å². The van der Waals surface area contributed by atoms with E-state index < -0.39 is 17.4 Å². The number of aromatic amines is 1. The molecule has 0 spiro atoms. The predicted molar refractivity (Wildman–Crippen MR) is 117 cm³/mol. The smallest absolute Gasteiger partial charge is 0.329 e. The van der Waals surface area contributed by atoms with E-state index in [9.17, 15) is 14.7 Å². The first-order chi connectivity index (χ1) is 15.0. The number of hydrogen-bond donors (Lipinski definition) is 3. The number of aliphatic hydroxyl groups is 1. The zero-order valence-electron chi connectivity index (χ0n) is 17.6. The highest BCUT2D eigenvalue weighted by Crippen LogP contribution is 2.21. The fourth-order valence-corrected chi connectivity index (χ4v) is 3.83. The summed E-state index contributed by atoms with van der Waals surface area (Å²) in [6, 6.07) is 9.25. The van der Waals surface area contributed by atoms with Gasteiger partial charge < -0.3 is 19.7 Å². The first-order valence-corrected chi connectivity index (χ1v) is 10.5. The van der Waals surface area contributed by atoms with Gasteiger partial charge in [0.05, 0.1) is 25.9 Å². The first-order valence-electron chi connectivity index (χ1n) is 10.5. The number of anilines is 1. The van der Waals surface area contributed by atoms with Gasteiger partial charge in [-0.3, -0.25) is 19.2 Å². The van der Waals surface area contributed by atoms with Crippen molar-refractivity contribution in [3.8, 4) is 0 Å². The van der Waals surface area contributed by atoms with E-state index in [1.165, 1.54) is 4.57 Å². The largest absolute Gasteiger partial charge is 0.387 e. The normalized spacial score (nSPS) is 15.9. The van der Waals surface area contributed by atoms with Crippen LogP contribution in [-0.4, -0.2) is 68.5 Å². The number of nitrogens with zero attached hydrogens (tertiary/aromatic N) is 4. The molecular formula is C21H28N6O4. The van der Waals surface area contributed by atoms with Crippen molar-refractivity contribution in [2.75, 3.05) is 44.7 Å². The molecule has 10 nitrogen and oxygen atoms in total. The van der Waals surface area contributed by atoms with E-state index in [0.29, 0.717) is 12.5 Å². The minimum absolute atomic E-state index is 0.133. The van der Waals surface area contributed by atoms with E-state index in [2.05, 4.69) is 20.2 Å². The maximum Gasteiger partial charge on any atom is 0.329 e. The molecule has 1 aromatic carbocycles. The maximum atomic E-state index is 12.6. The Bertz CT molecular complexity index is 1130. The molecule has 0 radical (unpaired) electrons. The van der Waals surface area contributed by atoms with Gasteiger partial charge >= 0.3 is 5.69 Å². The molecule has 0 saturated carbocycles. The van der Waals surface area contributed by atoms with Crippen LogP contribution in [0.2, 0.25) is 0 Å². The summed E-state index contributed by atoms with van der Waals surface area (Å²) in [6.45, 7) is 5.09. The standard InChI is InChI=1S/C21H28N6O4/c1-25-18-17(19(29)24-21(25)30)27(14-16(28)15-6-3-2-4-7-15)20(23-18)22-8-5-9-26-10-12-31-13-11-26/h2-4,6-7,16,28H,5,8-14H2,1H3,(H,22,23)(H,24,29,30). The lowest BCUT2D eigenvalue weighted by Crippen LogP contribution is -2.37. The van der Waals surface area contributed by atoms with Crippen LogP contribution >= 0.6 is 0 Å². The molecule has 1 aliphatic heterocycles. The van der Waals surface area contributed by atoms with Crippen LogP contribution < -0.4 is 16.6 Å². The second-order valence-electron chi connectivity index (χ2n) is 7.70. The van der Waals surface area contributed by atoms with Gasteiger partial charge in [-0.05, 0) is 18.5 Å². The van der Waals surface area contributed by atoms with Crippen molar-refractivity contribution in [2.45, 2.75) is 19.1 Å². The number of H-pyrrole nitrogens is 1. The Morgan fingerprint density at radius 2 is 1.97 bits per heavy atom. The number of rotatable bonds is 8. The molecule has 31 heavy (non-hydrogen) atoms. The summed E-state index contributed by atoms with van der Waals surface area (Å²) in [6.07, 6.45) is 0.0591. The van der Waals surface area contributed by atoms with E-state index in [1.807, 2.05) is 30.3 Å². The van der Waals surface area contributed by atoms with Crippen molar-refractivity contribution < 1.29 is 9.84 Å². The third kappa shape index (κ3) is 4.71. The first kappa shape index (κ1) is 21.3. The third-order valence-corrected chi connectivity index (χ3v) is 5.58. The zero-order chi connectivity index (χ0) is 21.8. The van der Waals surface area contributed by atoms with Gasteiger partial charge in [0.15, 0.2) is 11.2 Å². The van der Waals surface area contributed by atoms with Crippen LogP contribution in [0, 0.1) is 0 Å². The van der Waals surface area contributed by atoms with Gasteiger partial charge in [0.2, 0.25) is 5.95 Å². The minimum atomic E-state index is -0.830. The summed E-state index contributed by atoms with van der Waals surface area (Å²) < 4.78 is 8.33. The van der Waals surface area contributed by atoms with Crippen molar-refractivity contribution in [3.05, 3.63) is 56.7 Å². The van der Waals surface area contributed by atoms with Gasteiger partial charge in [-0.15, -0.1) is 0 Å². The number of imidazole rings is 1. The lowest BCUT2D eigenvalue weighted by molar-refractivity contribution is 0.0378. The highest BCUT2D eigenvalue weighted by Gasteiger charge is 2.20. The Kier molecular flexibility index (Phi) is 6.50. The number of hydrogen-bond acceptors (Lipinski definition) is 7. The average molecular weight is 428 g/mol. The van der Waals surface area contributed by atoms with Crippen molar-refractivity contribution >= 4 is 17.1 Å². The van der Waals surface area contributed by atoms with Crippen molar-refractivity contribution in [3.63, 3.8) is 0 Å². The van der Waals surface area contributed by atoms with Crippen molar-refractivity contribution in [1.82, 2.24) is 24.0 Å². The third-order valence-electron chi connectivity index (χ3n) is 5.58. The fraction of sp³-hybridized carbons (Fsp3) is 0.476. The number of nitrogens with one attached hydrogen (secondary N) is 2. The maximum absolute atomic E-state index is 12.6. The molecule has 2 aromatic heterocycles. The summed E-state index contributed by atoms with van der Waals surface area (Å²) in [4.78, 5) is 33.8. The Balaban J connectivity index is 1.58. The number of aromatic nitrogens is 4. The Labute approximate surface area is 179 Å². The van der Waals surface area contributed by atoms with Crippen LogP contribution in [0.4, 0.5) is 5.95 Å². The summed E-state index contributed by atoms with van der Waals surface area (Å²) in [5.41, 5.74) is 0.234. The van der Waals surface area contributed by atoms with Gasteiger partial charge in [0.25, 0.3) is 5.56 Å². The van der Waals surface area contributed by atoms with E-state index in [4.69, 9.17) is 4.74 Å². The van der Waals surface area contributed by atoms with Crippen LogP contribution in [0.25, 0.3) is 11.2 Å². The molecule has 1 saturated heterocycles. The van der Waals surface area contributed by atoms with Gasteiger partial charge in [0.1, 0.15) is 0 Å². The quantitative estimate of drug-likeness (QED) is 0.442. The second-order valence-corrected chi connectivity index (χ2v) is 7.70. The number of aryl methyl sites for hydroxylation is 1. The monoisotopic (exact) mass is 428 g/mol.